The van der Waals surface area contributed by atoms with Crippen molar-refractivity contribution in [2.24, 2.45) is 0 Å². The summed E-state index contributed by atoms with van der Waals surface area (Å²) in [4.78, 5) is 19.3. The number of rotatable bonds is 5. The molecule has 0 spiro atoms. The fourth-order valence-electron chi connectivity index (χ4n) is 1.18. The molecular weight excluding hydrogens is 280 g/mol. The van der Waals surface area contributed by atoms with E-state index in [1.165, 1.54) is 12.4 Å². The quantitative estimate of drug-likeness (QED) is 0.817. The second-order valence-electron chi connectivity index (χ2n) is 4.96. The summed E-state index contributed by atoms with van der Waals surface area (Å²) in [6, 6.07) is 0. The molecule has 7 heteroatoms. The van der Waals surface area contributed by atoms with Crippen LogP contribution in [0, 0.1) is 0 Å². The highest BCUT2D eigenvalue weighted by Gasteiger charge is 2.14. The topological polar surface area (TPSA) is 76.1 Å². The molecule has 0 aliphatic carbocycles. The van der Waals surface area contributed by atoms with Gasteiger partial charge in [0.25, 0.3) is 0 Å². The third kappa shape index (κ3) is 7.58. The summed E-state index contributed by atoms with van der Waals surface area (Å²) in [5.41, 5.74) is -0.485. The zero-order valence-electron chi connectivity index (χ0n) is 11.8. The van der Waals surface area contributed by atoms with Gasteiger partial charge in [0, 0.05) is 13.1 Å². The van der Waals surface area contributed by atoms with Gasteiger partial charge in [-0.1, -0.05) is 23.8 Å². The van der Waals surface area contributed by atoms with Gasteiger partial charge in [0.15, 0.2) is 0 Å². The number of hydrogen-bond acceptors (Lipinski definition) is 5. The normalized spacial score (nSPS) is 11.4. The molecule has 0 unspecified atom stereocenters. The number of anilines is 1. The molecule has 1 amide bonds. The minimum Gasteiger partial charge on any atom is -0.444 e. The molecule has 1 aromatic heterocycles. The summed E-state index contributed by atoms with van der Waals surface area (Å²) < 4.78 is 5.09. The lowest BCUT2D eigenvalue weighted by Gasteiger charge is -2.19. The maximum Gasteiger partial charge on any atom is 0.407 e. The monoisotopic (exact) mass is 298 g/mol. The largest absolute Gasteiger partial charge is 0.444 e. The highest BCUT2D eigenvalue weighted by atomic mass is 35.5. The Kier molecular flexibility index (Phi) is 6.24. The molecule has 0 saturated carbocycles. The molecule has 20 heavy (non-hydrogen) atoms. The Labute approximate surface area is 123 Å². The highest BCUT2D eigenvalue weighted by Crippen LogP contribution is 2.06. The van der Waals surface area contributed by atoms with Crippen molar-refractivity contribution < 1.29 is 9.53 Å². The first kappa shape index (κ1) is 16.2. The van der Waals surface area contributed by atoms with Crippen LogP contribution in [0.15, 0.2) is 24.5 Å². The Hall–Kier alpha value is -1.82. The van der Waals surface area contributed by atoms with E-state index in [2.05, 4.69) is 20.6 Å². The Morgan fingerprint density at radius 1 is 1.30 bits per heavy atom. The van der Waals surface area contributed by atoms with Crippen LogP contribution in [0.2, 0.25) is 5.02 Å². The number of nitrogens with one attached hydrogen (secondary N) is 2. The number of nitrogens with zero attached hydrogens (tertiary/aromatic N) is 2. The summed E-state index contributed by atoms with van der Waals surface area (Å²) in [5, 5.41) is 6.10. The van der Waals surface area contributed by atoms with Gasteiger partial charge < -0.3 is 15.4 Å². The van der Waals surface area contributed by atoms with E-state index in [1.807, 2.05) is 32.9 Å². The van der Waals surface area contributed by atoms with E-state index in [4.69, 9.17) is 16.3 Å². The number of carbonyl (C=O) groups excluding carboxylic acids is 1. The van der Waals surface area contributed by atoms with Crippen molar-refractivity contribution in [3.63, 3.8) is 0 Å². The lowest BCUT2D eigenvalue weighted by atomic mass is 10.2. The maximum absolute atomic E-state index is 11.3. The molecule has 0 aliphatic rings. The van der Waals surface area contributed by atoms with E-state index < -0.39 is 11.7 Å². The molecule has 6 nitrogen and oxygen atoms in total. The predicted molar refractivity (Wildman–Crippen MR) is 78.9 cm³/mol. The van der Waals surface area contributed by atoms with Crippen LogP contribution < -0.4 is 10.6 Å². The van der Waals surface area contributed by atoms with E-state index in [0.29, 0.717) is 24.1 Å². The van der Waals surface area contributed by atoms with E-state index in [1.54, 1.807) is 0 Å². The van der Waals surface area contributed by atoms with Crippen molar-refractivity contribution in [3.8, 4) is 0 Å². The van der Waals surface area contributed by atoms with Gasteiger partial charge in [-0.3, -0.25) is 0 Å². The Balaban J connectivity index is 2.16. The molecule has 2 N–H and O–H groups in total. The van der Waals surface area contributed by atoms with Crippen LogP contribution >= 0.6 is 11.6 Å². The van der Waals surface area contributed by atoms with Gasteiger partial charge in [-0.05, 0) is 20.8 Å². The highest BCUT2D eigenvalue weighted by molar-refractivity contribution is 6.30. The van der Waals surface area contributed by atoms with Crippen LogP contribution in [0.25, 0.3) is 0 Å². The Bertz CT molecular complexity index is 454. The van der Waals surface area contributed by atoms with Crippen LogP contribution in [-0.4, -0.2) is 34.8 Å². The van der Waals surface area contributed by atoms with E-state index in [9.17, 15) is 4.79 Å². The molecule has 1 heterocycles. The number of ether oxygens (including phenoxy) is 1. The molecule has 0 aromatic carbocycles. The lowest BCUT2D eigenvalue weighted by Crippen LogP contribution is -2.32. The summed E-state index contributed by atoms with van der Waals surface area (Å²) in [6.07, 6.45) is 6.27. The Morgan fingerprint density at radius 3 is 2.50 bits per heavy atom. The van der Waals surface area contributed by atoms with Crippen molar-refractivity contribution in [2.75, 3.05) is 18.4 Å². The number of hydrogen-bond donors (Lipinski definition) is 2. The number of amides is 1. The summed E-state index contributed by atoms with van der Waals surface area (Å²) >= 11 is 5.67. The molecule has 110 valence electrons. The van der Waals surface area contributed by atoms with Gasteiger partial charge in [0.2, 0.25) is 5.95 Å². The minimum absolute atomic E-state index is 0.401. The fraction of sp³-hybridized carbons (Fsp3) is 0.462. The van der Waals surface area contributed by atoms with E-state index in [0.717, 1.165) is 0 Å². The van der Waals surface area contributed by atoms with Gasteiger partial charge in [0.05, 0.1) is 17.4 Å². The van der Waals surface area contributed by atoms with Crippen LogP contribution in [0.4, 0.5) is 10.7 Å². The number of halogens is 1. The van der Waals surface area contributed by atoms with Gasteiger partial charge in [0.1, 0.15) is 5.60 Å². The molecule has 0 atom stereocenters. The fourth-order valence-corrected chi connectivity index (χ4v) is 1.27. The van der Waals surface area contributed by atoms with Crippen molar-refractivity contribution >= 4 is 23.6 Å². The smallest absolute Gasteiger partial charge is 0.407 e. The van der Waals surface area contributed by atoms with Crippen molar-refractivity contribution in [2.45, 2.75) is 26.4 Å². The van der Waals surface area contributed by atoms with Crippen LogP contribution in [0.3, 0.4) is 0 Å². The molecule has 0 bridgehead atoms. The summed E-state index contributed by atoms with van der Waals surface area (Å²) in [6.45, 7) is 6.41. The number of carbonyl (C=O) groups is 1. The standard InChI is InChI=1S/C13H19ClN4O2/c1-13(2,3)20-12(19)16-7-5-4-6-15-11-17-8-10(14)9-18-11/h4-5,8-9H,6-7H2,1-3H3,(H,16,19)(H,15,17,18)/b5-4+. The maximum atomic E-state index is 11.3. The van der Waals surface area contributed by atoms with E-state index >= 15 is 0 Å². The van der Waals surface area contributed by atoms with Crippen LogP contribution in [0.5, 0.6) is 0 Å². The number of aromatic nitrogens is 2. The second kappa shape index (κ2) is 7.69. The zero-order chi connectivity index (χ0) is 15.0. The van der Waals surface area contributed by atoms with Crippen molar-refractivity contribution in [1.29, 1.82) is 0 Å². The molecule has 0 aliphatic heterocycles. The predicted octanol–water partition coefficient (Wildman–Crippen LogP) is 2.62. The average molecular weight is 299 g/mol. The van der Waals surface area contributed by atoms with Gasteiger partial charge in [-0.2, -0.15) is 0 Å². The minimum atomic E-state index is -0.485. The van der Waals surface area contributed by atoms with Crippen molar-refractivity contribution in [3.05, 3.63) is 29.6 Å². The molecular formula is C13H19ClN4O2. The van der Waals surface area contributed by atoms with Crippen molar-refractivity contribution in [1.82, 2.24) is 15.3 Å². The lowest BCUT2D eigenvalue weighted by molar-refractivity contribution is 0.0534. The Morgan fingerprint density at radius 2 is 1.90 bits per heavy atom. The third-order valence-electron chi connectivity index (χ3n) is 1.93. The molecule has 0 saturated heterocycles. The van der Waals surface area contributed by atoms with Crippen LogP contribution in [0.1, 0.15) is 20.8 Å². The molecule has 0 fully saturated rings. The van der Waals surface area contributed by atoms with Gasteiger partial charge >= 0.3 is 6.09 Å². The number of alkyl carbamates (subject to hydrolysis) is 1. The first-order chi connectivity index (χ1) is 9.37. The SMILES string of the molecule is CC(C)(C)OC(=O)NC/C=C/CNc1ncc(Cl)cn1. The average Bonchev–Trinajstić information content (AvgIpc) is 2.33. The third-order valence-corrected chi connectivity index (χ3v) is 2.12. The second-order valence-corrected chi connectivity index (χ2v) is 5.40. The van der Waals surface area contributed by atoms with Crippen LogP contribution in [-0.2, 0) is 4.74 Å². The van der Waals surface area contributed by atoms with Gasteiger partial charge in [-0.25, -0.2) is 14.8 Å². The molecule has 1 aromatic rings. The summed E-state index contributed by atoms with van der Waals surface area (Å²) in [5.74, 6) is 0.499. The van der Waals surface area contributed by atoms with Gasteiger partial charge in [-0.15, -0.1) is 0 Å². The first-order valence-electron chi connectivity index (χ1n) is 6.20. The summed E-state index contributed by atoms with van der Waals surface area (Å²) in [7, 11) is 0. The zero-order valence-corrected chi connectivity index (χ0v) is 12.6. The molecule has 0 radical (unpaired) electrons. The van der Waals surface area contributed by atoms with E-state index in [-0.39, 0.29) is 0 Å². The first-order valence-corrected chi connectivity index (χ1v) is 6.58. The molecule has 1 rings (SSSR count).